The fourth-order valence-corrected chi connectivity index (χ4v) is 3.09. The van der Waals surface area contributed by atoms with Crippen LogP contribution >= 0.6 is 0 Å². The number of piperazine rings is 1. The van der Waals surface area contributed by atoms with Gasteiger partial charge in [-0.2, -0.15) is 0 Å². The fraction of sp³-hybridized carbons (Fsp3) is 0.200. The van der Waals surface area contributed by atoms with Crippen LogP contribution in [0, 0.1) is 11.6 Å². The molecule has 4 rings (SSSR count). The number of carbonyl (C=O) groups excluding carboxylic acids is 1. The number of pyridine rings is 1. The van der Waals surface area contributed by atoms with E-state index in [0.29, 0.717) is 37.7 Å². The van der Waals surface area contributed by atoms with Crippen LogP contribution in [-0.4, -0.2) is 51.9 Å². The van der Waals surface area contributed by atoms with Crippen LogP contribution in [-0.2, 0) is 0 Å². The molecule has 1 aromatic carbocycles. The minimum absolute atomic E-state index is 0.144. The van der Waals surface area contributed by atoms with Crippen molar-refractivity contribution in [2.24, 2.45) is 0 Å². The summed E-state index contributed by atoms with van der Waals surface area (Å²) in [5.41, 5.74) is 0.132. The smallest absolute Gasteiger partial charge is 0.255 e. The number of aromatic nitrogens is 3. The van der Waals surface area contributed by atoms with Gasteiger partial charge in [0.15, 0.2) is 0 Å². The number of halogens is 2. The molecule has 1 N–H and O–H groups in total. The molecule has 0 spiro atoms. The van der Waals surface area contributed by atoms with Gasteiger partial charge in [-0.05, 0) is 30.3 Å². The van der Waals surface area contributed by atoms with Crippen molar-refractivity contribution in [1.29, 1.82) is 0 Å². The minimum Gasteiger partial charge on any atom is -0.337 e. The van der Waals surface area contributed by atoms with Gasteiger partial charge in [-0.25, -0.2) is 23.7 Å². The normalized spacial score (nSPS) is 14.0. The Morgan fingerprint density at radius 3 is 2.21 bits per heavy atom. The molecule has 1 amide bonds. The molecule has 1 fully saturated rings. The lowest BCUT2D eigenvalue weighted by Gasteiger charge is -2.34. The van der Waals surface area contributed by atoms with E-state index in [9.17, 15) is 13.6 Å². The second-order valence-electron chi connectivity index (χ2n) is 6.48. The van der Waals surface area contributed by atoms with Gasteiger partial charge in [0.2, 0.25) is 5.95 Å². The first-order valence-electron chi connectivity index (χ1n) is 9.10. The molecule has 3 aromatic rings. The molecule has 0 unspecified atom stereocenters. The summed E-state index contributed by atoms with van der Waals surface area (Å²) in [5, 5.41) is 2.60. The lowest BCUT2D eigenvalue weighted by molar-refractivity contribution is 0.0746. The van der Waals surface area contributed by atoms with Gasteiger partial charge in [-0.1, -0.05) is 6.07 Å². The molecular formula is C20H18F2N6O. The minimum atomic E-state index is -0.716. The average molecular weight is 396 g/mol. The zero-order chi connectivity index (χ0) is 20.2. The van der Waals surface area contributed by atoms with Crippen LogP contribution in [0.2, 0.25) is 0 Å². The first kappa shape index (κ1) is 18.7. The summed E-state index contributed by atoms with van der Waals surface area (Å²) in [6, 6.07) is 8.47. The van der Waals surface area contributed by atoms with E-state index in [4.69, 9.17) is 0 Å². The number of amides is 1. The number of para-hydroxylation sites is 1. The predicted octanol–water partition coefficient (Wildman–Crippen LogP) is 2.86. The van der Waals surface area contributed by atoms with Gasteiger partial charge in [0.05, 0.1) is 5.56 Å². The van der Waals surface area contributed by atoms with Crippen molar-refractivity contribution >= 4 is 23.4 Å². The largest absolute Gasteiger partial charge is 0.337 e. The monoisotopic (exact) mass is 396 g/mol. The third-order valence-corrected chi connectivity index (χ3v) is 4.63. The first-order chi connectivity index (χ1) is 14.1. The highest BCUT2D eigenvalue weighted by atomic mass is 19.1. The quantitative estimate of drug-likeness (QED) is 0.731. The van der Waals surface area contributed by atoms with Crippen molar-refractivity contribution in [3.05, 3.63) is 72.2 Å². The van der Waals surface area contributed by atoms with Gasteiger partial charge in [0.1, 0.15) is 23.1 Å². The van der Waals surface area contributed by atoms with Crippen LogP contribution in [0.25, 0.3) is 0 Å². The van der Waals surface area contributed by atoms with E-state index >= 15 is 0 Å². The second-order valence-corrected chi connectivity index (χ2v) is 6.48. The summed E-state index contributed by atoms with van der Waals surface area (Å²) in [6.07, 6.45) is 4.78. The van der Waals surface area contributed by atoms with Crippen molar-refractivity contribution < 1.29 is 13.6 Å². The Morgan fingerprint density at radius 2 is 1.59 bits per heavy atom. The van der Waals surface area contributed by atoms with E-state index in [-0.39, 0.29) is 17.4 Å². The number of anilines is 3. The molecule has 0 atom stereocenters. The maximum absolute atomic E-state index is 13.7. The van der Waals surface area contributed by atoms with Crippen LogP contribution in [0.5, 0.6) is 0 Å². The van der Waals surface area contributed by atoms with Crippen molar-refractivity contribution in [2.45, 2.75) is 0 Å². The zero-order valence-corrected chi connectivity index (χ0v) is 15.4. The molecule has 2 aromatic heterocycles. The Morgan fingerprint density at radius 1 is 0.897 bits per heavy atom. The average Bonchev–Trinajstić information content (AvgIpc) is 2.77. The first-order valence-corrected chi connectivity index (χ1v) is 9.10. The second kappa shape index (κ2) is 8.17. The van der Waals surface area contributed by atoms with Crippen LogP contribution in [0.3, 0.4) is 0 Å². The van der Waals surface area contributed by atoms with Crippen molar-refractivity contribution in [3.8, 4) is 0 Å². The van der Waals surface area contributed by atoms with Crippen LogP contribution in [0.1, 0.15) is 10.4 Å². The molecule has 9 heteroatoms. The highest BCUT2D eigenvalue weighted by Gasteiger charge is 2.23. The third-order valence-electron chi connectivity index (χ3n) is 4.63. The molecule has 3 heterocycles. The lowest BCUT2D eigenvalue weighted by Crippen LogP contribution is -2.49. The number of hydrogen-bond donors (Lipinski definition) is 1. The number of hydrogen-bond acceptors (Lipinski definition) is 6. The number of benzene rings is 1. The highest BCUT2D eigenvalue weighted by Crippen LogP contribution is 2.22. The van der Waals surface area contributed by atoms with Crippen LogP contribution in [0.4, 0.5) is 26.2 Å². The molecule has 1 aliphatic rings. The number of rotatable bonds is 4. The maximum Gasteiger partial charge on any atom is 0.255 e. The van der Waals surface area contributed by atoms with Crippen molar-refractivity contribution in [3.63, 3.8) is 0 Å². The van der Waals surface area contributed by atoms with E-state index in [1.807, 2.05) is 4.90 Å². The molecule has 1 saturated heterocycles. The molecule has 0 radical (unpaired) electrons. The summed E-state index contributed by atoms with van der Waals surface area (Å²) in [7, 11) is 0. The molecule has 29 heavy (non-hydrogen) atoms. The van der Waals surface area contributed by atoms with E-state index < -0.39 is 11.6 Å². The van der Waals surface area contributed by atoms with Gasteiger partial charge in [0, 0.05) is 44.8 Å². The van der Waals surface area contributed by atoms with Gasteiger partial charge in [-0.3, -0.25) is 4.79 Å². The van der Waals surface area contributed by atoms with E-state index in [0.717, 1.165) is 12.1 Å². The molecule has 0 saturated carbocycles. The SMILES string of the molecule is O=C(c1ccc(Nc2c(F)cccc2F)nc1)N1CCN(c2ncccn2)CC1. The maximum atomic E-state index is 13.7. The summed E-state index contributed by atoms with van der Waals surface area (Å²) < 4.78 is 27.5. The van der Waals surface area contributed by atoms with Gasteiger partial charge < -0.3 is 15.1 Å². The van der Waals surface area contributed by atoms with E-state index in [1.165, 1.54) is 18.3 Å². The third kappa shape index (κ3) is 4.13. The highest BCUT2D eigenvalue weighted by molar-refractivity contribution is 5.94. The molecule has 1 aliphatic heterocycles. The fourth-order valence-electron chi connectivity index (χ4n) is 3.09. The molecular weight excluding hydrogens is 378 g/mol. The Labute approximate surface area is 166 Å². The Kier molecular flexibility index (Phi) is 5.28. The van der Waals surface area contributed by atoms with Crippen LogP contribution in [0.15, 0.2) is 55.0 Å². The van der Waals surface area contributed by atoms with E-state index in [2.05, 4.69) is 20.3 Å². The summed E-state index contributed by atoms with van der Waals surface area (Å²) in [4.78, 5) is 29.0. The molecule has 7 nitrogen and oxygen atoms in total. The standard InChI is InChI=1S/C20H18F2N6O/c21-15-3-1-4-16(22)18(15)26-17-6-5-14(13-25-17)19(29)27-9-11-28(12-10-27)20-23-7-2-8-24-20/h1-8,13H,9-12H2,(H,25,26). The molecule has 148 valence electrons. The summed E-state index contributed by atoms with van der Waals surface area (Å²) >= 11 is 0. The van der Waals surface area contributed by atoms with Gasteiger partial charge in [-0.15, -0.1) is 0 Å². The lowest BCUT2D eigenvalue weighted by atomic mass is 10.2. The van der Waals surface area contributed by atoms with E-state index in [1.54, 1.807) is 29.4 Å². The topological polar surface area (TPSA) is 74.2 Å². The number of nitrogens with zero attached hydrogens (tertiary/aromatic N) is 5. The number of carbonyl (C=O) groups is 1. The van der Waals surface area contributed by atoms with Crippen molar-refractivity contribution in [1.82, 2.24) is 19.9 Å². The predicted molar refractivity (Wildman–Crippen MR) is 104 cm³/mol. The number of nitrogens with one attached hydrogen (secondary N) is 1. The Hall–Kier alpha value is -3.62. The summed E-state index contributed by atoms with van der Waals surface area (Å²) in [5.74, 6) is -0.678. The zero-order valence-electron chi connectivity index (χ0n) is 15.4. The van der Waals surface area contributed by atoms with Gasteiger partial charge >= 0.3 is 0 Å². The summed E-state index contributed by atoms with van der Waals surface area (Å²) in [6.45, 7) is 2.35. The van der Waals surface area contributed by atoms with Crippen molar-refractivity contribution in [2.75, 3.05) is 36.4 Å². The molecule has 0 aliphatic carbocycles. The Balaban J connectivity index is 1.39. The Bertz CT molecular complexity index is 971. The van der Waals surface area contributed by atoms with Crippen LogP contribution < -0.4 is 10.2 Å². The molecule has 0 bridgehead atoms. The van der Waals surface area contributed by atoms with Gasteiger partial charge in [0.25, 0.3) is 5.91 Å².